The Morgan fingerprint density at radius 3 is 2.56 bits per heavy atom. The highest BCUT2D eigenvalue weighted by molar-refractivity contribution is 9.10. The van der Waals surface area contributed by atoms with E-state index in [4.69, 9.17) is 31.1 Å². The van der Waals surface area contributed by atoms with Crippen molar-refractivity contribution in [3.8, 4) is 23.3 Å². The maximum atomic E-state index is 12.3. The fraction of sp³-hybridized carbons (Fsp3) is 0.263. The zero-order chi connectivity index (χ0) is 19.8. The molecule has 0 saturated carbocycles. The number of anilines is 1. The molecule has 0 saturated heterocycles. The van der Waals surface area contributed by atoms with Crippen LogP contribution in [0.4, 0.5) is 5.69 Å². The van der Waals surface area contributed by atoms with Gasteiger partial charge in [-0.05, 0) is 54.0 Å². The van der Waals surface area contributed by atoms with Gasteiger partial charge in [-0.25, -0.2) is 0 Å². The average molecular weight is 454 g/mol. The highest BCUT2D eigenvalue weighted by atomic mass is 79.9. The number of amides is 1. The van der Waals surface area contributed by atoms with Gasteiger partial charge in [-0.1, -0.05) is 11.6 Å². The summed E-state index contributed by atoms with van der Waals surface area (Å²) in [5, 5.41) is 12.2. The van der Waals surface area contributed by atoms with Gasteiger partial charge >= 0.3 is 0 Å². The molecule has 0 bridgehead atoms. The highest BCUT2D eigenvalue weighted by Crippen LogP contribution is 2.36. The number of carbonyl (C=O) groups excluding carboxylic acids is 1. The maximum Gasteiger partial charge on any atom is 0.262 e. The summed E-state index contributed by atoms with van der Waals surface area (Å²) < 4.78 is 17.2. The second-order valence-electron chi connectivity index (χ2n) is 5.24. The van der Waals surface area contributed by atoms with Crippen molar-refractivity contribution >= 4 is 39.1 Å². The lowest BCUT2D eigenvalue weighted by Crippen LogP contribution is -2.21. The quantitative estimate of drug-likeness (QED) is 0.621. The van der Waals surface area contributed by atoms with E-state index in [-0.39, 0.29) is 6.61 Å². The summed E-state index contributed by atoms with van der Waals surface area (Å²) in [6.45, 7) is 4.26. The first-order valence-corrected chi connectivity index (χ1v) is 9.37. The Morgan fingerprint density at radius 1 is 1.15 bits per heavy atom. The number of hydrogen-bond donors (Lipinski definition) is 1. The van der Waals surface area contributed by atoms with Crippen molar-refractivity contribution in [1.29, 1.82) is 5.26 Å². The molecule has 2 aromatic rings. The lowest BCUT2D eigenvalue weighted by atomic mass is 10.2. The van der Waals surface area contributed by atoms with E-state index in [1.807, 2.05) is 19.9 Å². The molecule has 0 unspecified atom stereocenters. The van der Waals surface area contributed by atoms with Crippen molar-refractivity contribution in [3.63, 3.8) is 0 Å². The van der Waals surface area contributed by atoms with Crippen LogP contribution in [0.15, 0.2) is 34.8 Å². The molecule has 142 valence electrons. The van der Waals surface area contributed by atoms with Gasteiger partial charge in [0.2, 0.25) is 0 Å². The van der Waals surface area contributed by atoms with Crippen LogP contribution < -0.4 is 19.5 Å². The monoisotopic (exact) mass is 452 g/mol. The minimum atomic E-state index is -0.392. The first kappa shape index (κ1) is 20.9. The van der Waals surface area contributed by atoms with E-state index in [2.05, 4.69) is 21.2 Å². The molecule has 0 aliphatic heterocycles. The molecule has 6 nitrogen and oxygen atoms in total. The lowest BCUT2D eigenvalue weighted by Gasteiger charge is -2.15. The number of nitriles is 1. The molecule has 0 aliphatic rings. The number of nitrogens with zero attached hydrogens (tertiary/aromatic N) is 1. The largest absolute Gasteiger partial charge is 0.491 e. The molecule has 27 heavy (non-hydrogen) atoms. The van der Waals surface area contributed by atoms with E-state index < -0.39 is 5.91 Å². The molecule has 0 atom stereocenters. The van der Waals surface area contributed by atoms with Gasteiger partial charge in [0.05, 0.1) is 35.0 Å². The Bertz CT molecular complexity index is 868. The molecule has 1 amide bonds. The topological polar surface area (TPSA) is 80.6 Å². The van der Waals surface area contributed by atoms with Crippen LogP contribution in [0.2, 0.25) is 5.02 Å². The van der Waals surface area contributed by atoms with Crippen LogP contribution in [0, 0.1) is 11.3 Å². The van der Waals surface area contributed by atoms with Crippen LogP contribution in [0.3, 0.4) is 0 Å². The minimum Gasteiger partial charge on any atom is -0.491 e. The molecule has 0 fully saturated rings. The van der Waals surface area contributed by atoms with E-state index in [0.29, 0.717) is 51.2 Å². The predicted octanol–water partition coefficient (Wildman–Crippen LogP) is 4.79. The van der Waals surface area contributed by atoms with Gasteiger partial charge in [0, 0.05) is 11.1 Å². The van der Waals surface area contributed by atoms with Gasteiger partial charge in [-0.15, -0.1) is 0 Å². The molecule has 2 aromatic carbocycles. The van der Waals surface area contributed by atoms with Crippen LogP contribution >= 0.6 is 27.5 Å². The predicted molar refractivity (Wildman–Crippen MR) is 107 cm³/mol. The summed E-state index contributed by atoms with van der Waals surface area (Å²) in [5.74, 6) is 0.883. The third-order valence-electron chi connectivity index (χ3n) is 3.30. The lowest BCUT2D eigenvalue weighted by molar-refractivity contribution is -0.118. The first-order chi connectivity index (χ1) is 13.0. The smallest absolute Gasteiger partial charge is 0.262 e. The SMILES string of the molecule is CCOc1cc(C#N)ccc1OCC(=O)Nc1cc(Cl)cc(Br)c1OCC. The van der Waals surface area contributed by atoms with E-state index in [0.717, 1.165) is 0 Å². The number of hydrogen-bond acceptors (Lipinski definition) is 5. The average Bonchev–Trinajstić information content (AvgIpc) is 2.63. The Labute approximate surface area is 171 Å². The number of benzene rings is 2. The van der Waals surface area contributed by atoms with Crippen molar-refractivity contribution in [2.24, 2.45) is 0 Å². The van der Waals surface area contributed by atoms with Crippen LogP contribution in [-0.2, 0) is 4.79 Å². The fourth-order valence-electron chi connectivity index (χ4n) is 2.24. The number of halogens is 2. The highest BCUT2D eigenvalue weighted by Gasteiger charge is 2.14. The molecule has 1 N–H and O–H groups in total. The summed E-state index contributed by atoms with van der Waals surface area (Å²) in [6.07, 6.45) is 0. The molecule has 2 rings (SSSR count). The van der Waals surface area contributed by atoms with Gasteiger partial charge in [0.15, 0.2) is 23.9 Å². The van der Waals surface area contributed by atoms with E-state index >= 15 is 0 Å². The van der Waals surface area contributed by atoms with Crippen LogP contribution in [0.1, 0.15) is 19.4 Å². The van der Waals surface area contributed by atoms with Crippen molar-refractivity contribution in [2.45, 2.75) is 13.8 Å². The van der Waals surface area contributed by atoms with Gasteiger partial charge in [0.1, 0.15) is 0 Å². The van der Waals surface area contributed by atoms with Gasteiger partial charge in [-0.2, -0.15) is 5.26 Å². The zero-order valence-electron chi connectivity index (χ0n) is 14.8. The Morgan fingerprint density at radius 2 is 1.89 bits per heavy atom. The van der Waals surface area contributed by atoms with Crippen LogP contribution in [0.25, 0.3) is 0 Å². The molecular weight excluding hydrogens is 436 g/mol. The Hall–Kier alpha value is -2.43. The molecule has 0 aliphatic carbocycles. The van der Waals surface area contributed by atoms with Crippen molar-refractivity contribution in [3.05, 3.63) is 45.4 Å². The first-order valence-electron chi connectivity index (χ1n) is 8.19. The summed E-state index contributed by atoms with van der Waals surface area (Å²) in [7, 11) is 0. The van der Waals surface area contributed by atoms with Crippen LogP contribution in [-0.4, -0.2) is 25.7 Å². The van der Waals surface area contributed by atoms with E-state index in [1.165, 1.54) is 0 Å². The molecular formula is C19H18BrClN2O4. The summed E-state index contributed by atoms with van der Waals surface area (Å²) in [4.78, 5) is 12.3. The number of nitrogens with one attached hydrogen (secondary N) is 1. The summed E-state index contributed by atoms with van der Waals surface area (Å²) in [5.41, 5.74) is 0.884. The Balaban J connectivity index is 2.10. The van der Waals surface area contributed by atoms with Gasteiger partial charge in [-0.3, -0.25) is 4.79 Å². The minimum absolute atomic E-state index is 0.248. The van der Waals surface area contributed by atoms with Crippen LogP contribution in [0.5, 0.6) is 17.2 Å². The van der Waals surface area contributed by atoms with Crippen molar-refractivity contribution < 1.29 is 19.0 Å². The third kappa shape index (κ3) is 5.78. The third-order valence-corrected chi connectivity index (χ3v) is 4.11. The van der Waals surface area contributed by atoms with E-state index in [9.17, 15) is 4.79 Å². The molecule has 0 heterocycles. The van der Waals surface area contributed by atoms with Crippen molar-refractivity contribution in [2.75, 3.05) is 25.1 Å². The molecule has 0 radical (unpaired) electrons. The van der Waals surface area contributed by atoms with Gasteiger partial charge in [0.25, 0.3) is 5.91 Å². The number of carbonyl (C=O) groups is 1. The van der Waals surface area contributed by atoms with E-state index in [1.54, 1.807) is 30.3 Å². The summed E-state index contributed by atoms with van der Waals surface area (Å²) in [6, 6.07) is 10.1. The fourth-order valence-corrected chi connectivity index (χ4v) is 3.16. The number of ether oxygens (including phenoxy) is 3. The molecule has 0 spiro atoms. The second kappa shape index (κ2) is 10.0. The Kier molecular flexibility index (Phi) is 7.77. The molecule has 8 heteroatoms. The normalized spacial score (nSPS) is 10.0. The van der Waals surface area contributed by atoms with Gasteiger partial charge < -0.3 is 19.5 Å². The summed E-state index contributed by atoms with van der Waals surface area (Å²) >= 11 is 9.42. The maximum absolute atomic E-state index is 12.3. The number of rotatable bonds is 8. The zero-order valence-corrected chi connectivity index (χ0v) is 17.2. The molecule has 0 aromatic heterocycles. The standard InChI is InChI=1S/C19H18BrClN2O4/c1-3-25-17-7-12(10-22)5-6-16(17)27-11-18(24)23-15-9-13(21)8-14(20)19(15)26-4-2/h5-9H,3-4,11H2,1-2H3,(H,23,24). The van der Waals surface area contributed by atoms with Crippen molar-refractivity contribution in [1.82, 2.24) is 0 Å². The second-order valence-corrected chi connectivity index (χ2v) is 6.53.